The Kier molecular flexibility index (Phi) is 4.41. The number of methoxy groups -OCH3 is 1. The van der Waals surface area contributed by atoms with Gasteiger partial charge in [0.25, 0.3) is 5.91 Å². The summed E-state index contributed by atoms with van der Waals surface area (Å²) in [6.07, 6.45) is 2.11. The smallest absolute Gasteiger partial charge is 0.270 e. The lowest BCUT2D eigenvalue weighted by molar-refractivity contribution is 0.0946. The van der Waals surface area contributed by atoms with Crippen LogP contribution in [0.15, 0.2) is 30.3 Å². The van der Waals surface area contributed by atoms with Gasteiger partial charge in [-0.2, -0.15) is 0 Å². The molecule has 3 rings (SSSR count). The zero-order valence-corrected chi connectivity index (χ0v) is 13.3. The molecule has 0 bridgehead atoms. The lowest BCUT2D eigenvalue weighted by atomic mass is 10.2. The first-order chi connectivity index (χ1) is 11.1. The fourth-order valence-corrected chi connectivity index (χ4v) is 2.18. The van der Waals surface area contributed by atoms with Crippen LogP contribution in [0, 0.1) is 6.92 Å². The third-order valence-corrected chi connectivity index (χ3v) is 3.61. The maximum Gasteiger partial charge on any atom is 0.270 e. The normalized spacial score (nSPS) is 13.5. The summed E-state index contributed by atoms with van der Waals surface area (Å²) < 4.78 is 5.14. The van der Waals surface area contributed by atoms with E-state index in [9.17, 15) is 4.79 Å². The largest absolute Gasteiger partial charge is 0.497 e. The SMILES string of the molecule is COc1ccc(CNc2nc(C)cc(C(=O)NC3CC3)n2)cc1. The fraction of sp³-hybridized carbons (Fsp3) is 0.353. The molecular weight excluding hydrogens is 292 g/mol. The highest BCUT2D eigenvalue weighted by atomic mass is 16.5. The molecule has 120 valence electrons. The van der Waals surface area contributed by atoms with E-state index in [1.54, 1.807) is 13.2 Å². The molecule has 1 fully saturated rings. The van der Waals surface area contributed by atoms with Crippen LogP contribution in [-0.4, -0.2) is 29.0 Å². The molecule has 1 amide bonds. The van der Waals surface area contributed by atoms with Gasteiger partial charge in [-0.05, 0) is 43.5 Å². The van der Waals surface area contributed by atoms with Gasteiger partial charge in [0.15, 0.2) is 0 Å². The van der Waals surface area contributed by atoms with E-state index < -0.39 is 0 Å². The van der Waals surface area contributed by atoms with Crippen LogP contribution in [-0.2, 0) is 6.54 Å². The molecule has 2 N–H and O–H groups in total. The number of anilines is 1. The maximum absolute atomic E-state index is 12.1. The summed E-state index contributed by atoms with van der Waals surface area (Å²) in [5, 5.41) is 6.10. The summed E-state index contributed by atoms with van der Waals surface area (Å²) in [5.41, 5.74) is 2.25. The van der Waals surface area contributed by atoms with Gasteiger partial charge in [0.05, 0.1) is 7.11 Å². The monoisotopic (exact) mass is 312 g/mol. The summed E-state index contributed by atoms with van der Waals surface area (Å²) >= 11 is 0. The van der Waals surface area contributed by atoms with Crippen LogP contribution in [0.5, 0.6) is 5.75 Å². The fourth-order valence-electron chi connectivity index (χ4n) is 2.18. The minimum absolute atomic E-state index is 0.134. The van der Waals surface area contributed by atoms with Crippen molar-refractivity contribution in [2.45, 2.75) is 32.4 Å². The van der Waals surface area contributed by atoms with Crippen molar-refractivity contribution < 1.29 is 9.53 Å². The number of carbonyl (C=O) groups excluding carboxylic acids is 1. The van der Waals surface area contributed by atoms with Crippen LogP contribution < -0.4 is 15.4 Å². The average molecular weight is 312 g/mol. The lowest BCUT2D eigenvalue weighted by Gasteiger charge is -2.09. The Morgan fingerprint density at radius 2 is 2.00 bits per heavy atom. The van der Waals surface area contributed by atoms with Crippen LogP contribution >= 0.6 is 0 Å². The summed E-state index contributed by atoms with van der Waals surface area (Å²) in [6.45, 7) is 2.44. The number of hydrogen-bond donors (Lipinski definition) is 2. The molecule has 1 saturated carbocycles. The third kappa shape index (κ3) is 4.18. The predicted molar refractivity (Wildman–Crippen MR) is 87.6 cm³/mol. The number of rotatable bonds is 6. The molecule has 0 radical (unpaired) electrons. The molecule has 1 aliphatic rings. The number of carbonyl (C=O) groups is 1. The molecule has 6 heteroatoms. The average Bonchev–Trinajstić information content (AvgIpc) is 3.37. The van der Waals surface area contributed by atoms with Crippen molar-refractivity contribution in [2.75, 3.05) is 12.4 Å². The standard InChI is InChI=1S/C17H20N4O2/c1-11-9-15(16(22)20-13-5-6-13)21-17(19-11)18-10-12-3-7-14(23-2)8-4-12/h3-4,7-9,13H,5-6,10H2,1-2H3,(H,20,22)(H,18,19,21). The Hall–Kier alpha value is -2.63. The second-order valence-electron chi connectivity index (χ2n) is 5.67. The van der Waals surface area contributed by atoms with E-state index in [-0.39, 0.29) is 5.91 Å². The van der Waals surface area contributed by atoms with Crippen molar-refractivity contribution >= 4 is 11.9 Å². The number of ether oxygens (including phenoxy) is 1. The zero-order chi connectivity index (χ0) is 16.2. The minimum atomic E-state index is -0.134. The topological polar surface area (TPSA) is 76.1 Å². The Labute approximate surface area is 135 Å². The zero-order valence-electron chi connectivity index (χ0n) is 13.3. The highest BCUT2D eigenvalue weighted by molar-refractivity contribution is 5.93. The molecule has 6 nitrogen and oxygen atoms in total. The summed E-state index contributed by atoms with van der Waals surface area (Å²) in [5.74, 6) is 1.15. The lowest BCUT2D eigenvalue weighted by Crippen LogP contribution is -2.26. The van der Waals surface area contributed by atoms with Gasteiger partial charge in [-0.1, -0.05) is 12.1 Å². The highest BCUT2D eigenvalue weighted by Crippen LogP contribution is 2.19. The first-order valence-corrected chi connectivity index (χ1v) is 7.67. The van der Waals surface area contributed by atoms with Crippen LogP contribution in [0.25, 0.3) is 0 Å². The van der Waals surface area contributed by atoms with E-state index in [1.807, 2.05) is 31.2 Å². The molecule has 0 aliphatic heterocycles. The van der Waals surface area contributed by atoms with Crippen molar-refractivity contribution in [3.63, 3.8) is 0 Å². The number of aromatic nitrogens is 2. The van der Waals surface area contributed by atoms with Crippen molar-refractivity contribution in [1.82, 2.24) is 15.3 Å². The Morgan fingerprint density at radius 3 is 2.65 bits per heavy atom. The Morgan fingerprint density at radius 1 is 1.26 bits per heavy atom. The first-order valence-electron chi connectivity index (χ1n) is 7.67. The van der Waals surface area contributed by atoms with Gasteiger partial charge in [-0.15, -0.1) is 0 Å². The highest BCUT2D eigenvalue weighted by Gasteiger charge is 2.24. The van der Waals surface area contributed by atoms with Gasteiger partial charge >= 0.3 is 0 Å². The summed E-state index contributed by atoms with van der Waals surface area (Å²) in [6, 6.07) is 9.78. The molecule has 0 saturated heterocycles. The number of nitrogens with one attached hydrogen (secondary N) is 2. The molecule has 1 aromatic heterocycles. The van der Waals surface area contributed by atoms with Crippen molar-refractivity contribution in [3.05, 3.63) is 47.3 Å². The Bertz CT molecular complexity index is 696. The van der Waals surface area contributed by atoms with E-state index in [1.165, 1.54) is 0 Å². The van der Waals surface area contributed by atoms with E-state index in [0.29, 0.717) is 24.2 Å². The molecule has 0 atom stereocenters. The summed E-state index contributed by atoms with van der Waals surface area (Å²) in [7, 11) is 1.64. The quantitative estimate of drug-likeness (QED) is 0.856. The molecule has 0 spiro atoms. The van der Waals surface area contributed by atoms with E-state index in [2.05, 4.69) is 20.6 Å². The van der Waals surface area contributed by atoms with Crippen molar-refractivity contribution in [1.29, 1.82) is 0 Å². The minimum Gasteiger partial charge on any atom is -0.497 e. The number of nitrogens with zero attached hydrogens (tertiary/aromatic N) is 2. The number of amides is 1. The van der Waals surface area contributed by atoms with Gasteiger partial charge in [0, 0.05) is 18.3 Å². The molecule has 0 unspecified atom stereocenters. The van der Waals surface area contributed by atoms with Gasteiger partial charge in [-0.3, -0.25) is 4.79 Å². The number of aryl methyl sites for hydroxylation is 1. The maximum atomic E-state index is 12.1. The van der Waals surface area contributed by atoms with Crippen LogP contribution in [0.3, 0.4) is 0 Å². The summed E-state index contributed by atoms with van der Waals surface area (Å²) in [4.78, 5) is 20.7. The van der Waals surface area contributed by atoms with E-state index in [0.717, 1.165) is 29.8 Å². The van der Waals surface area contributed by atoms with Gasteiger partial charge in [0.1, 0.15) is 11.4 Å². The first kappa shape index (κ1) is 15.3. The molecular formula is C17H20N4O2. The molecule has 2 aromatic rings. The molecule has 1 aromatic carbocycles. The Balaban J connectivity index is 1.66. The van der Waals surface area contributed by atoms with E-state index in [4.69, 9.17) is 4.74 Å². The molecule has 23 heavy (non-hydrogen) atoms. The van der Waals surface area contributed by atoms with Crippen molar-refractivity contribution in [3.8, 4) is 5.75 Å². The molecule has 1 heterocycles. The number of benzene rings is 1. The second kappa shape index (κ2) is 6.64. The van der Waals surface area contributed by atoms with Gasteiger partial charge < -0.3 is 15.4 Å². The third-order valence-electron chi connectivity index (χ3n) is 3.61. The van der Waals surface area contributed by atoms with Crippen LogP contribution in [0.2, 0.25) is 0 Å². The van der Waals surface area contributed by atoms with Gasteiger partial charge in [-0.25, -0.2) is 9.97 Å². The van der Waals surface area contributed by atoms with E-state index >= 15 is 0 Å². The second-order valence-corrected chi connectivity index (χ2v) is 5.67. The van der Waals surface area contributed by atoms with Gasteiger partial charge in [0.2, 0.25) is 5.95 Å². The van der Waals surface area contributed by atoms with Crippen LogP contribution in [0.1, 0.15) is 34.6 Å². The number of hydrogen-bond acceptors (Lipinski definition) is 5. The van der Waals surface area contributed by atoms with Crippen molar-refractivity contribution in [2.24, 2.45) is 0 Å². The van der Waals surface area contributed by atoms with Crippen LogP contribution in [0.4, 0.5) is 5.95 Å². The molecule has 1 aliphatic carbocycles. The predicted octanol–water partition coefficient (Wildman–Crippen LogP) is 2.30.